The lowest BCUT2D eigenvalue weighted by Crippen LogP contribution is -2.17. The van der Waals surface area contributed by atoms with E-state index in [0.717, 1.165) is 11.8 Å². The van der Waals surface area contributed by atoms with E-state index in [1.165, 1.54) is 56.7 Å². The summed E-state index contributed by atoms with van der Waals surface area (Å²) in [5.74, 6) is -1.19. The zero-order valence-corrected chi connectivity index (χ0v) is 21.2. The van der Waals surface area contributed by atoms with E-state index >= 15 is 0 Å². The quantitative estimate of drug-likeness (QED) is 0.223. The van der Waals surface area contributed by atoms with Crippen LogP contribution in [0.4, 0.5) is 10.1 Å². The molecule has 1 unspecified atom stereocenters. The molecule has 0 fully saturated rings. The van der Waals surface area contributed by atoms with Crippen LogP contribution >= 0.6 is 11.8 Å². The van der Waals surface area contributed by atoms with Crippen molar-refractivity contribution in [3.63, 3.8) is 0 Å². The summed E-state index contributed by atoms with van der Waals surface area (Å²) in [6, 6.07) is 9.73. The van der Waals surface area contributed by atoms with Gasteiger partial charge in [0.25, 0.3) is 0 Å². The molecule has 0 saturated carbocycles. The number of allylic oxidation sites excluding steroid dienone is 1. The van der Waals surface area contributed by atoms with Gasteiger partial charge in [0, 0.05) is 12.2 Å². The van der Waals surface area contributed by atoms with Crippen molar-refractivity contribution < 1.29 is 33.0 Å². The van der Waals surface area contributed by atoms with Crippen LogP contribution in [0.3, 0.4) is 0 Å². The number of ether oxygens (including phenoxy) is 3. The summed E-state index contributed by atoms with van der Waals surface area (Å²) in [5.41, 5.74) is 0.390. The molecule has 0 aliphatic rings. The number of halogens is 1. The molecule has 1 N–H and O–H groups in total. The second-order valence-electron chi connectivity index (χ2n) is 7.57. The SMILES string of the molecule is C=CCn1c(SCC(=O)Nc2cc(C(=O)OC)cc(C(=O)OC)c2)nnc1C(C)Oc1ccc(F)cc1. The Hall–Kier alpha value is -4.19. The van der Waals surface area contributed by atoms with Crippen LogP contribution < -0.4 is 10.1 Å². The molecular formula is C25H25FN4O6S. The average Bonchev–Trinajstić information content (AvgIpc) is 3.30. The predicted octanol–water partition coefficient (Wildman–Crippen LogP) is 4.05. The van der Waals surface area contributed by atoms with Gasteiger partial charge in [0.05, 0.1) is 31.1 Å². The highest BCUT2D eigenvalue weighted by Crippen LogP contribution is 2.25. The fourth-order valence-electron chi connectivity index (χ4n) is 3.28. The van der Waals surface area contributed by atoms with Crippen LogP contribution in [0.1, 0.15) is 39.6 Å². The summed E-state index contributed by atoms with van der Waals surface area (Å²) in [6.45, 7) is 5.91. The topological polar surface area (TPSA) is 122 Å². The van der Waals surface area contributed by atoms with Crippen molar-refractivity contribution in [3.05, 3.63) is 77.9 Å². The lowest BCUT2D eigenvalue weighted by molar-refractivity contribution is -0.113. The lowest BCUT2D eigenvalue weighted by Gasteiger charge is -2.15. The van der Waals surface area contributed by atoms with E-state index < -0.39 is 23.9 Å². The fraction of sp³-hybridized carbons (Fsp3) is 0.240. The number of rotatable bonds is 11. The van der Waals surface area contributed by atoms with Gasteiger partial charge in [-0.25, -0.2) is 14.0 Å². The van der Waals surface area contributed by atoms with Crippen LogP contribution in [0, 0.1) is 5.82 Å². The van der Waals surface area contributed by atoms with Gasteiger partial charge in [-0.1, -0.05) is 17.8 Å². The Kier molecular flexibility index (Phi) is 9.39. The highest BCUT2D eigenvalue weighted by Gasteiger charge is 2.20. The number of nitrogens with one attached hydrogen (secondary N) is 1. The van der Waals surface area contributed by atoms with Crippen LogP contribution in [0.2, 0.25) is 0 Å². The minimum absolute atomic E-state index is 0.0432. The number of hydrogen-bond donors (Lipinski definition) is 1. The minimum atomic E-state index is -0.669. The number of esters is 2. The van der Waals surface area contributed by atoms with Gasteiger partial charge in [0.2, 0.25) is 5.91 Å². The second kappa shape index (κ2) is 12.7. The number of carbonyl (C=O) groups is 3. The van der Waals surface area contributed by atoms with Crippen LogP contribution in [-0.2, 0) is 20.8 Å². The monoisotopic (exact) mass is 528 g/mol. The van der Waals surface area contributed by atoms with E-state index in [1.807, 2.05) is 0 Å². The molecule has 0 spiro atoms. The normalized spacial score (nSPS) is 11.4. The highest BCUT2D eigenvalue weighted by atomic mass is 32.2. The number of carbonyl (C=O) groups excluding carboxylic acids is 3. The summed E-state index contributed by atoms with van der Waals surface area (Å²) in [5, 5.41) is 11.5. The van der Waals surface area contributed by atoms with E-state index in [1.54, 1.807) is 17.6 Å². The maximum absolute atomic E-state index is 13.2. The van der Waals surface area contributed by atoms with Crippen LogP contribution in [-0.4, -0.2) is 52.6 Å². The van der Waals surface area contributed by atoms with Crippen molar-refractivity contribution in [1.29, 1.82) is 0 Å². The van der Waals surface area contributed by atoms with Crippen molar-refractivity contribution in [2.24, 2.45) is 0 Å². The highest BCUT2D eigenvalue weighted by molar-refractivity contribution is 7.99. The molecule has 3 aromatic rings. The van der Waals surface area contributed by atoms with E-state index in [-0.39, 0.29) is 28.4 Å². The van der Waals surface area contributed by atoms with Crippen molar-refractivity contribution in [1.82, 2.24) is 14.8 Å². The summed E-state index contributed by atoms with van der Waals surface area (Å²) in [7, 11) is 2.42. The van der Waals surface area contributed by atoms with E-state index in [9.17, 15) is 18.8 Å². The number of aromatic nitrogens is 3. The van der Waals surface area contributed by atoms with Gasteiger partial charge in [-0.3, -0.25) is 9.36 Å². The van der Waals surface area contributed by atoms with Gasteiger partial charge in [-0.15, -0.1) is 16.8 Å². The van der Waals surface area contributed by atoms with Crippen LogP contribution in [0.15, 0.2) is 60.3 Å². The third-order valence-electron chi connectivity index (χ3n) is 4.94. The van der Waals surface area contributed by atoms with E-state index in [0.29, 0.717) is 23.3 Å². The van der Waals surface area contributed by atoms with Gasteiger partial charge in [0.1, 0.15) is 11.6 Å². The Balaban J connectivity index is 1.72. The number of amides is 1. The first-order chi connectivity index (χ1) is 17.7. The number of anilines is 1. The second-order valence-corrected chi connectivity index (χ2v) is 8.52. The smallest absolute Gasteiger partial charge is 0.337 e. The molecule has 1 amide bonds. The molecule has 0 bridgehead atoms. The summed E-state index contributed by atoms with van der Waals surface area (Å²) in [4.78, 5) is 36.6. The fourth-order valence-corrected chi connectivity index (χ4v) is 4.03. The Morgan fingerprint density at radius 1 is 1.08 bits per heavy atom. The number of hydrogen-bond acceptors (Lipinski definition) is 9. The van der Waals surface area contributed by atoms with Gasteiger partial charge in [0.15, 0.2) is 17.1 Å². The third-order valence-corrected chi connectivity index (χ3v) is 5.91. The molecule has 0 aliphatic carbocycles. The van der Waals surface area contributed by atoms with Gasteiger partial charge < -0.3 is 19.5 Å². The lowest BCUT2D eigenvalue weighted by atomic mass is 10.1. The number of thioether (sulfide) groups is 1. The molecule has 37 heavy (non-hydrogen) atoms. The zero-order chi connectivity index (χ0) is 26.9. The number of methoxy groups -OCH3 is 2. The van der Waals surface area contributed by atoms with Crippen molar-refractivity contribution >= 4 is 35.3 Å². The Labute approximate surface area is 216 Å². The first kappa shape index (κ1) is 27.4. The van der Waals surface area contributed by atoms with Crippen molar-refractivity contribution in [3.8, 4) is 5.75 Å². The van der Waals surface area contributed by atoms with E-state index in [2.05, 4.69) is 22.1 Å². The maximum Gasteiger partial charge on any atom is 0.337 e. The van der Waals surface area contributed by atoms with E-state index in [4.69, 9.17) is 14.2 Å². The van der Waals surface area contributed by atoms with Crippen molar-refractivity contribution in [2.75, 3.05) is 25.3 Å². The minimum Gasteiger partial charge on any atom is -0.483 e. The molecule has 2 aromatic carbocycles. The number of nitrogens with zero attached hydrogens (tertiary/aromatic N) is 3. The summed E-state index contributed by atoms with van der Waals surface area (Å²) in [6.07, 6.45) is 1.15. The summed E-state index contributed by atoms with van der Waals surface area (Å²) >= 11 is 1.13. The van der Waals surface area contributed by atoms with Crippen LogP contribution in [0.25, 0.3) is 0 Å². The van der Waals surface area contributed by atoms with Gasteiger partial charge in [-0.2, -0.15) is 0 Å². The number of benzene rings is 2. The Bertz CT molecular complexity index is 1260. The molecule has 0 aliphatic heterocycles. The molecule has 12 heteroatoms. The molecule has 1 aromatic heterocycles. The molecule has 194 valence electrons. The zero-order valence-electron chi connectivity index (χ0n) is 20.4. The maximum atomic E-state index is 13.2. The molecule has 0 radical (unpaired) electrons. The molecule has 1 atom stereocenters. The van der Waals surface area contributed by atoms with Gasteiger partial charge >= 0.3 is 11.9 Å². The standard InChI is InChI=1S/C25H25FN4O6S/c1-5-10-30-22(15(2)36-20-8-6-18(26)7-9-20)28-29-25(30)37-14-21(31)27-19-12-16(23(32)34-3)11-17(13-19)24(33)35-4/h5-9,11-13,15H,1,10,14H2,2-4H3,(H,27,31). The third kappa shape index (κ3) is 7.17. The average molecular weight is 529 g/mol. The molecule has 3 rings (SSSR count). The molecule has 0 saturated heterocycles. The molecule has 10 nitrogen and oxygen atoms in total. The first-order valence-electron chi connectivity index (χ1n) is 11.0. The Morgan fingerprint density at radius 2 is 1.70 bits per heavy atom. The molecular weight excluding hydrogens is 503 g/mol. The Morgan fingerprint density at radius 3 is 2.27 bits per heavy atom. The van der Waals surface area contributed by atoms with Crippen molar-refractivity contribution in [2.45, 2.75) is 24.7 Å². The van der Waals surface area contributed by atoms with Crippen LogP contribution in [0.5, 0.6) is 5.75 Å². The molecule has 1 heterocycles. The predicted molar refractivity (Wildman–Crippen MR) is 134 cm³/mol. The summed E-state index contributed by atoms with van der Waals surface area (Å²) < 4.78 is 30.2. The van der Waals surface area contributed by atoms with Gasteiger partial charge in [-0.05, 0) is 49.4 Å². The first-order valence-corrected chi connectivity index (χ1v) is 11.9. The largest absolute Gasteiger partial charge is 0.483 e.